The van der Waals surface area contributed by atoms with Crippen LogP contribution in [0, 0.1) is 11.7 Å². The minimum Gasteiger partial charge on any atom is -0.488 e. The van der Waals surface area contributed by atoms with Crippen molar-refractivity contribution in [1.82, 2.24) is 14.1 Å². The zero-order valence-electron chi connectivity index (χ0n) is 24.3. The van der Waals surface area contributed by atoms with Gasteiger partial charge < -0.3 is 25.0 Å². The van der Waals surface area contributed by atoms with E-state index in [0.29, 0.717) is 29.8 Å². The van der Waals surface area contributed by atoms with Crippen LogP contribution in [-0.4, -0.2) is 99.0 Å². The van der Waals surface area contributed by atoms with Gasteiger partial charge in [0.15, 0.2) is 0 Å². The molecule has 1 heterocycles. The van der Waals surface area contributed by atoms with Gasteiger partial charge in [-0.3, -0.25) is 9.59 Å². The van der Waals surface area contributed by atoms with Gasteiger partial charge in [-0.25, -0.2) is 12.8 Å². The quantitative estimate of drug-likeness (QED) is 0.412. The Kier molecular flexibility index (Phi) is 11.3. The molecule has 0 unspecified atom stereocenters. The summed E-state index contributed by atoms with van der Waals surface area (Å²) in [5.74, 6) is -0.807. The van der Waals surface area contributed by atoms with Crippen LogP contribution in [0.4, 0.5) is 10.1 Å². The Morgan fingerprint density at radius 2 is 1.88 bits per heavy atom. The number of likely N-dealkylation sites (N-methyl/N-ethyl adjacent to an activating group) is 1. The standard InChI is InChI=1S/C29H41FN4O6S/c1-20-17-34(21(2)19-35)29(37)16-22-15-24(31-28(36)7-6-14-32(3)4)10-13-26(22)40-27(20)18-33(5)41(38,39)25-11-8-23(30)9-12-25/h8-13,15,20-21,27,35H,6-7,14,16-19H2,1-5H3,(H,31,36)/t20-,21+,27+/m0/s1. The van der Waals surface area contributed by atoms with Crippen LogP contribution in [0.2, 0.25) is 0 Å². The fourth-order valence-electron chi connectivity index (χ4n) is 4.64. The van der Waals surface area contributed by atoms with E-state index in [2.05, 4.69) is 5.32 Å². The molecule has 0 bridgehead atoms. The highest BCUT2D eigenvalue weighted by Gasteiger charge is 2.33. The number of carbonyl (C=O) groups is 2. The molecular weight excluding hydrogens is 551 g/mol. The average molecular weight is 593 g/mol. The molecule has 1 aliphatic rings. The Hall–Kier alpha value is -3.06. The van der Waals surface area contributed by atoms with Crippen molar-refractivity contribution in [3.63, 3.8) is 0 Å². The van der Waals surface area contributed by atoms with Gasteiger partial charge in [0.05, 0.1) is 30.5 Å². The van der Waals surface area contributed by atoms with Crippen LogP contribution in [-0.2, 0) is 26.0 Å². The number of carbonyl (C=O) groups excluding carboxylic acids is 2. The number of sulfonamides is 1. The number of nitrogens with zero attached hydrogens (tertiary/aromatic N) is 3. The van der Waals surface area contributed by atoms with E-state index in [1.54, 1.807) is 30.0 Å². The highest BCUT2D eigenvalue weighted by Crippen LogP contribution is 2.30. The number of benzene rings is 2. The predicted octanol–water partition coefficient (Wildman–Crippen LogP) is 2.58. The van der Waals surface area contributed by atoms with Gasteiger partial charge in [-0.1, -0.05) is 6.92 Å². The molecule has 0 spiro atoms. The number of rotatable bonds is 11. The number of aliphatic hydroxyl groups is 1. The molecule has 0 saturated carbocycles. The number of halogens is 1. The molecule has 3 atom stereocenters. The molecule has 10 nitrogen and oxygen atoms in total. The van der Waals surface area contributed by atoms with Crippen molar-refractivity contribution in [2.45, 2.75) is 50.2 Å². The van der Waals surface area contributed by atoms with Crippen LogP contribution in [0.3, 0.4) is 0 Å². The zero-order chi connectivity index (χ0) is 30.3. The van der Waals surface area contributed by atoms with Crippen molar-refractivity contribution in [1.29, 1.82) is 0 Å². The van der Waals surface area contributed by atoms with E-state index in [0.717, 1.165) is 23.0 Å². The van der Waals surface area contributed by atoms with E-state index >= 15 is 0 Å². The van der Waals surface area contributed by atoms with E-state index in [1.807, 2.05) is 25.9 Å². The second-order valence-corrected chi connectivity index (χ2v) is 12.9. The third kappa shape index (κ3) is 8.71. The van der Waals surface area contributed by atoms with E-state index in [-0.39, 0.29) is 48.7 Å². The smallest absolute Gasteiger partial charge is 0.242 e. The van der Waals surface area contributed by atoms with Gasteiger partial charge in [0.1, 0.15) is 17.7 Å². The Balaban J connectivity index is 1.90. The third-order valence-electron chi connectivity index (χ3n) is 7.17. The number of fused-ring (bicyclic) bond motifs is 1. The topological polar surface area (TPSA) is 119 Å². The largest absolute Gasteiger partial charge is 0.488 e. The lowest BCUT2D eigenvalue weighted by atomic mass is 10.0. The van der Waals surface area contributed by atoms with E-state index in [1.165, 1.54) is 19.2 Å². The van der Waals surface area contributed by atoms with Gasteiger partial charge in [0, 0.05) is 37.2 Å². The van der Waals surface area contributed by atoms with Gasteiger partial charge in [0.25, 0.3) is 0 Å². The van der Waals surface area contributed by atoms with Crippen LogP contribution < -0.4 is 10.1 Å². The average Bonchev–Trinajstić information content (AvgIpc) is 2.95. The number of anilines is 1. The summed E-state index contributed by atoms with van der Waals surface area (Å²) in [6, 6.07) is 9.21. The minimum atomic E-state index is -3.95. The first-order valence-corrected chi connectivity index (χ1v) is 15.1. The number of amides is 2. The predicted molar refractivity (Wildman–Crippen MR) is 155 cm³/mol. The summed E-state index contributed by atoms with van der Waals surface area (Å²) in [7, 11) is 1.36. The maximum atomic E-state index is 13.4. The fraction of sp³-hybridized carbons (Fsp3) is 0.517. The molecule has 1 aliphatic heterocycles. The van der Waals surface area contributed by atoms with Crippen molar-refractivity contribution in [2.75, 3.05) is 52.7 Å². The summed E-state index contributed by atoms with van der Waals surface area (Å²) < 4.78 is 47.4. The summed E-state index contributed by atoms with van der Waals surface area (Å²) in [6.45, 7) is 4.34. The highest BCUT2D eigenvalue weighted by molar-refractivity contribution is 7.89. The van der Waals surface area contributed by atoms with Crippen molar-refractivity contribution >= 4 is 27.5 Å². The van der Waals surface area contributed by atoms with Crippen LogP contribution in [0.15, 0.2) is 47.4 Å². The summed E-state index contributed by atoms with van der Waals surface area (Å²) in [6.07, 6.45) is 0.362. The summed E-state index contributed by atoms with van der Waals surface area (Å²) in [5, 5.41) is 12.7. The van der Waals surface area contributed by atoms with Crippen LogP contribution in [0.25, 0.3) is 0 Å². The molecule has 0 aliphatic carbocycles. The zero-order valence-corrected chi connectivity index (χ0v) is 25.2. The highest BCUT2D eigenvalue weighted by atomic mass is 32.2. The Morgan fingerprint density at radius 1 is 1.20 bits per heavy atom. The molecule has 2 amide bonds. The van der Waals surface area contributed by atoms with Gasteiger partial charge in [-0.2, -0.15) is 4.31 Å². The third-order valence-corrected chi connectivity index (χ3v) is 9.01. The molecule has 0 aromatic heterocycles. The second kappa shape index (κ2) is 14.2. The lowest BCUT2D eigenvalue weighted by Crippen LogP contribution is -2.48. The Labute approximate surface area is 242 Å². The van der Waals surface area contributed by atoms with Crippen molar-refractivity contribution in [2.24, 2.45) is 5.92 Å². The van der Waals surface area contributed by atoms with Crippen molar-refractivity contribution in [3.8, 4) is 5.75 Å². The maximum Gasteiger partial charge on any atom is 0.242 e. The number of ether oxygens (including phenoxy) is 1. The van der Waals surface area contributed by atoms with E-state index in [4.69, 9.17) is 4.74 Å². The van der Waals surface area contributed by atoms with Gasteiger partial charge in [-0.05, 0) is 76.4 Å². The molecule has 226 valence electrons. The molecule has 12 heteroatoms. The summed E-state index contributed by atoms with van der Waals surface area (Å²) in [5.41, 5.74) is 1.07. The van der Waals surface area contributed by atoms with Gasteiger partial charge in [-0.15, -0.1) is 0 Å². The summed E-state index contributed by atoms with van der Waals surface area (Å²) >= 11 is 0. The SMILES string of the molecule is C[C@H](CO)N1C[C@H](C)[C@@H](CN(C)S(=O)(=O)c2ccc(F)cc2)Oc2ccc(NC(=O)CCCN(C)C)cc2CC1=O. The fourth-order valence-corrected chi connectivity index (χ4v) is 5.83. The molecule has 2 aromatic rings. The molecule has 0 radical (unpaired) electrons. The lowest BCUT2D eigenvalue weighted by Gasteiger charge is -2.33. The number of aliphatic hydroxyl groups excluding tert-OH is 1. The molecule has 0 saturated heterocycles. The first-order chi connectivity index (χ1) is 19.3. The van der Waals surface area contributed by atoms with Crippen molar-refractivity contribution < 1.29 is 32.2 Å². The van der Waals surface area contributed by atoms with E-state index in [9.17, 15) is 27.5 Å². The monoisotopic (exact) mass is 592 g/mol. The number of nitrogens with one attached hydrogen (secondary N) is 1. The molecule has 0 fully saturated rings. The van der Waals surface area contributed by atoms with E-state index < -0.39 is 28.0 Å². The molecule has 3 rings (SSSR count). The Bertz CT molecular complexity index is 1300. The van der Waals surface area contributed by atoms with Gasteiger partial charge in [0.2, 0.25) is 21.8 Å². The second-order valence-electron chi connectivity index (χ2n) is 10.9. The Morgan fingerprint density at radius 3 is 2.51 bits per heavy atom. The first-order valence-electron chi connectivity index (χ1n) is 13.7. The van der Waals surface area contributed by atoms with Crippen LogP contribution in [0.1, 0.15) is 32.3 Å². The molecular formula is C29H41FN4O6S. The normalized spacial score (nSPS) is 18.8. The lowest BCUT2D eigenvalue weighted by molar-refractivity contribution is -0.134. The van der Waals surface area contributed by atoms with Crippen LogP contribution in [0.5, 0.6) is 5.75 Å². The molecule has 2 N–H and O–H groups in total. The van der Waals surface area contributed by atoms with Crippen molar-refractivity contribution in [3.05, 3.63) is 53.8 Å². The molecule has 41 heavy (non-hydrogen) atoms. The van der Waals surface area contributed by atoms with Crippen LogP contribution >= 0.6 is 0 Å². The van der Waals surface area contributed by atoms with Gasteiger partial charge >= 0.3 is 0 Å². The summed E-state index contributed by atoms with van der Waals surface area (Å²) in [4.78, 5) is 29.4. The number of hydrogen-bond donors (Lipinski definition) is 2. The maximum absolute atomic E-state index is 13.4. The molecule has 2 aromatic carbocycles. The number of hydrogen-bond acceptors (Lipinski definition) is 7. The minimum absolute atomic E-state index is 0.0207. The first kappa shape index (κ1) is 32.5.